The van der Waals surface area contributed by atoms with Crippen molar-refractivity contribution in [3.8, 4) is 23.1 Å². The predicted octanol–water partition coefficient (Wildman–Crippen LogP) is 5.07. The molecule has 0 spiro atoms. The van der Waals surface area contributed by atoms with Gasteiger partial charge in [-0.2, -0.15) is 5.26 Å². The molecule has 0 saturated heterocycles. The first kappa shape index (κ1) is 20.3. The molecule has 30 heavy (non-hydrogen) atoms. The molecule has 1 N–H and O–H groups in total. The number of hydrogen-bond donors (Lipinski definition) is 1. The van der Waals surface area contributed by atoms with E-state index < -0.39 is 10.0 Å². The summed E-state index contributed by atoms with van der Waals surface area (Å²) in [7, 11) is -3.33. The van der Waals surface area contributed by atoms with Crippen molar-refractivity contribution in [1.29, 1.82) is 5.26 Å². The van der Waals surface area contributed by atoms with Gasteiger partial charge >= 0.3 is 0 Å². The van der Waals surface area contributed by atoms with E-state index >= 15 is 0 Å². The smallest absolute Gasteiger partial charge is 0.232 e. The van der Waals surface area contributed by atoms with Gasteiger partial charge in [0.2, 0.25) is 10.0 Å². The van der Waals surface area contributed by atoms with Crippen molar-refractivity contribution in [2.24, 2.45) is 0 Å². The lowest BCUT2D eigenvalue weighted by atomic mass is 9.92. The second kappa shape index (κ2) is 8.04. The number of nitrogens with zero attached hydrogens (tertiary/aromatic N) is 2. The van der Waals surface area contributed by atoms with Crippen LogP contribution in [0.2, 0.25) is 0 Å². The molecule has 156 valence electrons. The van der Waals surface area contributed by atoms with Crippen LogP contribution in [0, 0.1) is 11.3 Å². The zero-order valence-electron chi connectivity index (χ0n) is 17.2. The van der Waals surface area contributed by atoms with Gasteiger partial charge in [0.25, 0.3) is 0 Å². The molecule has 1 aromatic heterocycles. The molecule has 0 amide bonds. The van der Waals surface area contributed by atoms with Gasteiger partial charge in [-0.3, -0.25) is 4.72 Å². The predicted molar refractivity (Wildman–Crippen MR) is 119 cm³/mol. The molecule has 0 radical (unpaired) electrons. The average Bonchev–Trinajstić information content (AvgIpc) is 3.01. The highest BCUT2D eigenvalue weighted by atomic mass is 32.2. The lowest BCUT2D eigenvalue weighted by Crippen LogP contribution is -2.18. The van der Waals surface area contributed by atoms with Gasteiger partial charge in [0.05, 0.1) is 29.1 Å². The van der Waals surface area contributed by atoms with Crippen molar-refractivity contribution < 1.29 is 13.2 Å². The van der Waals surface area contributed by atoms with Crippen molar-refractivity contribution in [1.82, 2.24) is 4.57 Å². The number of sulfonamides is 1. The summed E-state index contributed by atoms with van der Waals surface area (Å²) in [6.45, 7) is 4.14. The van der Waals surface area contributed by atoms with Gasteiger partial charge in [0.15, 0.2) is 0 Å². The van der Waals surface area contributed by atoms with Gasteiger partial charge in [-0.1, -0.05) is 12.1 Å². The summed E-state index contributed by atoms with van der Waals surface area (Å²) in [5.74, 6) is 0.814. The lowest BCUT2D eigenvalue weighted by Gasteiger charge is -2.30. The van der Waals surface area contributed by atoms with Crippen molar-refractivity contribution in [2.45, 2.75) is 39.2 Å². The van der Waals surface area contributed by atoms with Gasteiger partial charge < -0.3 is 9.30 Å². The van der Waals surface area contributed by atoms with E-state index in [9.17, 15) is 13.7 Å². The molecule has 0 atom stereocenters. The highest BCUT2D eigenvalue weighted by molar-refractivity contribution is 7.92. The van der Waals surface area contributed by atoms with E-state index in [4.69, 9.17) is 4.74 Å². The first-order valence-corrected chi connectivity index (χ1v) is 11.9. The van der Waals surface area contributed by atoms with Crippen LogP contribution in [-0.2, 0) is 10.0 Å². The minimum atomic E-state index is -3.33. The number of rotatable bonds is 7. The van der Waals surface area contributed by atoms with Crippen molar-refractivity contribution in [2.75, 3.05) is 17.1 Å². The summed E-state index contributed by atoms with van der Waals surface area (Å²) >= 11 is 0. The van der Waals surface area contributed by atoms with Crippen molar-refractivity contribution in [3.63, 3.8) is 0 Å². The fourth-order valence-corrected chi connectivity index (χ4v) is 4.56. The average molecular weight is 424 g/mol. The maximum Gasteiger partial charge on any atom is 0.232 e. The molecule has 1 aliphatic rings. The third-order valence-electron chi connectivity index (χ3n) is 5.65. The summed E-state index contributed by atoms with van der Waals surface area (Å²) in [6.07, 6.45) is 3.33. The van der Waals surface area contributed by atoms with E-state index in [1.54, 1.807) is 19.1 Å². The summed E-state index contributed by atoms with van der Waals surface area (Å²) in [5.41, 5.74) is 3.95. The maximum atomic E-state index is 11.8. The monoisotopic (exact) mass is 423 g/mol. The molecule has 7 heteroatoms. The molecule has 0 aliphatic heterocycles. The van der Waals surface area contributed by atoms with Crippen LogP contribution in [0.15, 0.2) is 42.5 Å². The van der Waals surface area contributed by atoms with Crippen LogP contribution in [0.4, 0.5) is 5.69 Å². The topological polar surface area (TPSA) is 84.1 Å². The fraction of sp³-hybridized carbons (Fsp3) is 0.348. The fourth-order valence-electron chi connectivity index (χ4n) is 3.92. The molecule has 0 unspecified atom stereocenters. The lowest BCUT2D eigenvalue weighted by molar-refractivity contribution is 0.322. The number of ether oxygens (including phenoxy) is 1. The van der Waals surface area contributed by atoms with Crippen LogP contribution in [0.25, 0.3) is 22.2 Å². The molecule has 1 saturated carbocycles. The number of aromatic nitrogens is 1. The molecule has 4 rings (SSSR count). The Kier molecular flexibility index (Phi) is 5.44. The Balaban J connectivity index is 1.86. The number of nitriles is 1. The maximum absolute atomic E-state index is 11.8. The van der Waals surface area contributed by atoms with Crippen LogP contribution in [0.3, 0.4) is 0 Å². The van der Waals surface area contributed by atoms with Crippen LogP contribution >= 0.6 is 0 Å². The van der Waals surface area contributed by atoms with E-state index in [-0.39, 0.29) is 5.75 Å². The molecule has 3 aromatic rings. The first-order chi connectivity index (χ1) is 14.5. The molecule has 1 heterocycles. The Labute approximate surface area is 177 Å². The van der Waals surface area contributed by atoms with Gasteiger partial charge in [-0.05, 0) is 62.9 Å². The third kappa shape index (κ3) is 3.63. The van der Waals surface area contributed by atoms with E-state index in [1.807, 2.05) is 37.3 Å². The van der Waals surface area contributed by atoms with Crippen LogP contribution in [-0.4, -0.2) is 25.3 Å². The van der Waals surface area contributed by atoms with Gasteiger partial charge in [0.1, 0.15) is 11.8 Å². The molecule has 2 aromatic carbocycles. The summed E-state index contributed by atoms with van der Waals surface area (Å²) in [6, 6.07) is 15.9. The summed E-state index contributed by atoms with van der Waals surface area (Å²) in [5, 5.41) is 10.9. The minimum absolute atomic E-state index is 0.0193. The first-order valence-electron chi connectivity index (χ1n) is 10.3. The Morgan fingerprint density at radius 3 is 2.47 bits per heavy atom. The Hall–Kier alpha value is -2.98. The van der Waals surface area contributed by atoms with Crippen LogP contribution in [0.1, 0.15) is 44.7 Å². The molecule has 1 fully saturated rings. The van der Waals surface area contributed by atoms with Gasteiger partial charge in [-0.15, -0.1) is 0 Å². The van der Waals surface area contributed by atoms with Crippen molar-refractivity contribution in [3.05, 3.63) is 48.0 Å². The normalized spacial score (nSPS) is 14.3. The SMILES string of the molecule is CCOc1ccc2c(C#N)c(-c3ccc(NS(=O)(=O)CC)cc3)n(C3CCC3)c2c1. The third-order valence-corrected chi connectivity index (χ3v) is 6.96. The van der Waals surface area contributed by atoms with E-state index in [0.717, 1.165) is 40.8 Å². The summed E-state index contributed by atoms with van der Waals surface area (Å²) < 4.78 is 34.2. The Morgan fingerprint density at radius 2 is 1.90 bits per heavy atom. The van der Waals surface area contributed by atoms with E-state index in [0.29, 0.717) is 23.9 Å². The van der Waals surface area contributed by atoms with E-state index in [1.165, 1.54) is 6.42 Å². The number of hydrogen-bond acceptors (Lipinski definition) is 4. The van der Waals surface area contributed by atoms with Gasteiger partial charge in [0, 0.05) is 23.2 Å². The number of anilines is 1. The molecular weight excluding hydrogens is 398 g/mol. The minimum Gasteiger partial charge on any atom is -0.494 e. The molecule has 1 aliphatic carbocycles. The highest BCUT2D eigenvalue weighted by Gasteiger charge is 2.28. The zero-order chi connectivity index (χ0) is 21.3. The Bertz CT molecular complexity index is 1220. The standard InChI is InChI=1S/C23H25N3O3S/c1-3-29-19-12-13-20-21(15-24)23(26(22(20)14-19)18-6-5-7-18)16-8-10-17(11-9-16)25-30(27,28)4-2/h8-14,18,25H,3-7H2,1-2H3. The summed E-state index contributed by atoms with van der Waals surface area (Å²) in [4.78, 5) is 0. The number of fused-ring (bicyclic) bond motifs is 1. The van der Waals surface area contributed by atoms with Crippen LogP contribution < -0.4 is 9.46 Å². The Morgan fingerprint density at radius 1 is 1.17 bits per heavy atom. The second-order valence-electron chi connectivity index (χ2n) is 7.48. The number of nitrogens with one attached hydrogen (secondary N) is 1. The quantitative estimate of drug-likeness (QED) is 0.575. The highest BCUT2D eigenvalue weighted by Crippen LogP contribution is 2.43. The second-order valence-corrected chi connectivity index (χ2v) is 9.50. The zero-order valence-corrected chi connectivity index (χ0v) is 18.0. The largest absolute Gasteiger partial charge is 0.494 e. The molecular formula is C23H25N3O3S. The van der Waals surface area contributed by atoms with E-state index in [2.05, 4.69) is 15.4 Å². The number of benzene rings is 2. The van der Waals surface area contributed by atoms with Crippen molar-refractivity contribution >= 4 is 26.6 Å². The van der Waals surface area contributed by atoms with Gasteiger partial charge in [-0.25, -0.2) is 8.42 Å². The van der Waals surface area contributed by atoms with Crippen LogP contribution in [0.5, 0.6) is 5.75 Å². The molecule has 0 bridgehead atoms. The molecule has 6 nitrogen and oxygen atoms in total.